The largest absolute Gasteiger partial charge is 0.463 e. The third-order valence-electron chi connectivity index (χ3n) is 4.51. The summed E-state index contributed by atoms with van der Waals surface area (Å²) >= 11 is 1.22. The number of carbonyl (C=O) groups is 1. The fourth-order valence-corrected chi connectivity index (χ4v) is 3.63. The number of aryl methyl sites for hydroxylation is 2. The maximum absolute atomic E-state index is 12.5. The number of nitrogens with zero attached hydrogens (tertiary/aromatic N) is 3. The fourth-order valence-electron chi connectivity index (χ4n) is 3.04. The number of thioether (sulfide) groups is 1. The molecule has 0 radical (unpaired) electrons. The van der Waals surface area contributed by atoms with E-state index in [1.54, 1.807) is 36.8 Å². The topological polar surface area (TPSA) is 94.1 Å². The lowest BCUT2D eigenvalue weighted by atomic mass is 10.1. The molecule has 1 amide bonds. The zero-order valence-electron chi connectivity index (χ0n) is 16.6. The lowest BCUT2D eigenvalue weighted by Gasteiger charge is -2.12. The van der Waals surface area contributed by atoms with Gasteiger partial charge in [0, 0.05) is 5.69 Å². The van der Waals surface area contributed by atoms with Gasteiger partial charge in [0.1, 0.15) is 5.69 Å². The van der Waals surface area contributed by atoms with E-state index in [0.717, 1.165) is 23.2 Å². The summed E-state index contributed by atoms with van der Waals surface area (Å²) in [5, 5.41) is 11.8. The Balaban J connectivity index is 1.52. The molecule has 7 nitrogen and oxygen atoms in total. The number of hydrogen-bond acceptors (Lipinski definition) is 7. The van der Waals surface area contributed by atoms with Gasteiger partial charge in [-0.25, -0.2) is 4.98 Å². The van der Waals surface area contributed by atoms with E-state index in [4.69, 9.17) is 8.83 Å². The Morgan fingerprint density at radius 2 is 1.73 bits per heavy atom. The summed E-state index contributed by atoms with van der Waals surface area (Å²) in [6, 6.07) is 13.1. The van der Waals surface area contributed by atoms with Crippen LogP contribution in [0.25, 0.3) is 22.9 Å². The Hall–Kier alpha value is -3.39. The molecule has 0 aliphatic carbocycles. The molecule has 0 unspecified atom stereocenters. The lowest BCUT2D eigenvalue weighted by Crippen LogP contribution is -2.16. The van der Waals surface area contributed by atoms with Gasteiger partial charge in [0.15, 0.2) is 17.2 Å². The van der Waals surface area contributed by atoms with Crippen molar-refractivity contribution in [1.29, 1.82) is 0 Å². The van der Waals surface area contributed by atoms with Crippen LogP contribution in [0, 0.1) is 6.92 Å². The predicted molar refractivity (Wildman–Crippen MR) is 115 cm³/mol. The van der Waals surface area contributed by atoms with Crippen LogP contribution in [0.3, 0.4) is 0 Å². The standard InChI is InChI=1S/C22H20N4O3S/c1-3-15-8-4-7-14(2)19(15)23-18(27)13-30-22-24-20(16-9-5-11-28-16)21(25-26-22)17-10-6-12-29-17/h4-12H,3,13H2,1-2H3,(H,23,27). The maximum atomic E-state index is 12.5. The van der Waals surface area contributed by atoms with Crippen molar-refractivity contribution in [3.63, 3.8) is 0 Å². The van der Waals surface area contributed by atoms with Gasteiger partial charge in [-0.3, -0.25) is 4.79 Å². The summed E-state index contributed by atoms with van der Waals surface area (Å²) in [7, 11) is 0. The third kappa shape index (κ3) is 4.28. The molecule has 4 aromatic rings. The quantitative estimate of drug-likeness (QED) is 0.421. The van der Waals surface area contributed by atoms with Gasteiger partial charge in [-0.2, -0.15) is 0 Å². The number of rotatable bonds is 7. The molecule has 3 aromatic heterocycles. The maximum Gasteiger partial charge on any atom is 0.234 e. The second-order valence-electron chi connectivity index (χ2n) is 6.55. The van der Waals surface area contributed by atoms with Crippen molar-refractivity contribution in [2.45, 2.75) is 25.4 Å². The van der Waals surface area contributed by atoms with Crippen LogP contribution < -0.4 is 5.32 Å². The van der Waals surface area contributed by atoms with E-state index in [2.05, 4.69) is 27.4 Å². The van der Waals surface area contributed by atoms with Gasteiger partial charge in [-0.05, 0) is 48.7 Å². The van der Waals surface area contributed by atoms with Crippen LogP contribution in [0.2, 0.25) is 0 Å². The van der Waals surface area contributed by atoms with Crippen LogP contribution in [0.1, 0.15) is 18.1 Å². The van der Waals surface area contributed by atoms with Crippen LogP contribution in [0.5, 0.6) is 0 Å². The van der Waals surface area contributed by atoms with Gasteiger partial charge < -0.3 is 14.2 Å². The Morgan fingerprint density at radius 3 is 2.40 bits per heavy atom. The highest BCUT2D eigenvalue weighted by Crippen LogP contribution is 2.30. The smallest absolute Gasteiger partial charge is 0.234 e. The molecular formula is C22H20N4O3S. The minimum atomic E-state index is -0.123. The molecule has 3 heterocycles. The molecule has 0 atom stereocenters. The van der Waals surface area contributed by atoms with Crippen LogP contribution in [0.15, 0.2) is 69.0 Å². The Morgan fingerprint density at radius 1 is 1.00 bits per heavy atom. The van der Waals surface area contributed by atoms with Crippen molar-refractivity contribution in [3.8, 4) is 22.9 Å². The zero-order chi connectivity index (χ0) is 20.9. The Bertz CT molecular complexity index is 1140. The van der Waals surface area contributed by atoms with Crippen molar-refractivity contribution >= 4 is 23.4 Å². The lowest BCUT2D eigenvalue weighted by molar-refractivity contribution is -0.113. The number of nitrogens with one attached hydrogen (secondary N) is 1. The summed E-state index contributed by atoms with van der Waals surface area (Å²) in [6.07, 6.45) is 3.97. The van der Waals surface area contributed by atoms with E-state index in [-0.39, 0.29) is 11.7 Å². The van der Waals surface area contributed by atoms with Gasteiger partial charge in [-0.1, -0.05) is 36.9 Å². The molecule has 0 fully saturated rings. The molecule has 0 bridgehead atoms. The Labute approximate surface area is 177 Å². The molecule has 1 N–H and O–H groups in total. The molecule has 4 rings (SSSR count). The zero-order valence-corrected chi connectivity index (χ0v) is 17.4. The van der Waals surface area contributed by atoms with Gasteiger partial charge >= 0.3 is 0 Å². The average molecular weight is 420 g/mol. The normalized spacial score (nSPS) is 10.9. The first-order chi connectivity index (χ1) is 14.7. The highest BCUT2D eigenvalue weighted by molar-refractivity contribution is 7.99. The fraction of sp³-hybridized carbons (Fsp3) is 0.182. The Kier molecular flexibility index (Phi) is 5.94. The second-order valence-corrected chi connectivity index (χ2v) is 7.49. The SMILES string of the molecule is CCc1cccc(C)c1NC(=O)CSc1nnc(-c2ccco2)c(-c2ccco2)n1. The second kappa shape index (κ2) is 8.96. The summed E-state index contributed by atoms with van der Waals surface area (Å²) in [5.41, 5.74) is 4.01. The van der Waals surface area contributed by atoms with E-state index in [1.165, 1.54) is 11.8 Å². The number of carbonyl (C=O) groups excluding carboxylic acids is 1. The first-order valence-electron chi connectivity index (χ1n) is 9.49. The number of amides is 1. The van der Waals surface area contributed by atoms with Gasteiger partial charge in [0.25, 0.3) is 0 Å². The molecule has 0 saturated heterocycles. The number of aromatic nitrogens is 3. The van der Waals surface area contributed by atoms with E-state index < -0.39 is 0 Å². The highest BCUT2D eigenvalue weighted by atomic mass is 32.2. The summed E-state index contributed by atoms with van der Waals surface area (Å²) in [6.45, 7) is 4.05. The van der Waals surface area contributed by atoms with Crippen LogP contribution in [-0.4, -0.2) is 26.8 Å². The van der Waals surface area contributed by atoms with E-state index in [0.29, 0.717) is 28.1 Å². The molecule has 0 aliphatic rings. The summed E-state index contributed by atoms with van der Waals surface area (Å²) < 4.78 is 10.9. The summed E-state index contributed by atoms with van der Waals surface area (Å²) in [5.74, 6) is 1.14. The molecular weight excluding hydrogens is 400 g/mol. The van der Waals surface area contributed by atoms with Crippen molar-refractivity contribution in [2.24, 2.45) is 0 Å². The molecule has 0 spiro atoms. The van der Waals surface area contributed by atoms with Crippen molar-refractivity contribution in [1.82, 2.24) is 15.2 Å². The van der Waals surface area contributed by atoms with Crippen molar-refractivity contribution < 1.29 is 13.6 Å². The first-order valence-corrected chi connectivity index (χ1v) is 10.5. The minimum Gasteiger partial charge on any atom is -0.463 e. The molecule has 1 aromatic carbocycles. The predicted octanol–water partition coefficient (Wildman–Crippen LogP) is 4.99. The van der Waals surface area contributed by atoms with Crippen LogP contribution in [0.4, 0.5) is 5.69 Å². The van der Waals surface area contributed by atoms with E-state index in [9.17, 15) is 4.79 Å². The number of benzene rings is 1. The monoisotopic (exact) mass is 420 g/mol. The van der Waals surface area contributed by atoms with Crippen LogP contribution in [-0.2, 0) is 11.2 Å². The van der Waals surface area contributed by atoms with Crippen molar-refractivity contribution in [3.05, 3.63) is 66.1 Å². The molecule has 0 aliphatic heterocycles. The van der Waals surface area contributed by atoms with Crippen LogP contribution >= 0.6 is 11.8 Å². The molecule has 8 heteroatoms. The molecule has 30 heavy (non-hydrogen) atoms. The van der Waals surface area contributed by atoms with Crippen molar-refractivity contribution in [2.75, 3.05) is 11.1 Å². The average Bonchev–Trinajstić information content (AvgIpc) is 3.48. The number of para-hydroxylation sites is 1. The van der Waals surface area contributed by atoms with Gasteiger partial charge in [0.2, 0.25) is 11.1 Å². The number of anilines is 1. The van der Waals surface area contributed by atoms with E-state index in [1.807, 2.05) is 25.1 Å². The van der Waals surface area contributed by atoms with E-state index >= 15 is 0 Å². The van der Waals surface area contributed by atoms with Gasteiger partial charge in [-0.15, -0.1) is 10.2 Å². The minimum absolute atomic E-state index is 0.123. The van der Waals surface area contributed by atoms with Gasteiger partial charge in [0.05, 0.1) is 18.3 Å². The molecule has 152 valence electrons. The third-order valence-corrected chi connectivity index (χ3v) is 5.35. The summed E-state index contributed by atoms with van der Waals surface area (Å²) in [4.78, 5) is 17.1. The number of furan rings is 2. The first kappa shape index (κ1) is 19.9. The number of hydrogen-bond donors (Lipinski definition) is 1. The highest BCUT2D eigenvalue weighted by Gasteiger charge is 2.18. The molecule has 0 saturated carbocycles.